The molecular formula is C29H34F3N5O4. The molecule has 2 amide bonds. The van der Waals surface area contributed by atoms with Gasteiger partial charge in [-0.15, -0.1) is 10.2 Å². The van der Waals surface area contributed by atoms with Gasteiger partial charge in [0.1, 0.15) is 5.60 Å². The van der Waals surface area contributed by atoms with Crippen LogP contribution in [0.2, 0.25) is 0 Å². The highest BCUT2D eigenvalue weighted by atomic mass is 19.4. The van der Waals surface area contributed by atoms with Gasteiger partial charge in [-0.1, -0.05) is 0 Å². The van der Waals surface area contributed by atoms with Gasteiger partial charge < -0.3 is 24.6 Å². The van der Waals surface area contributed by atoms with Gasteiger partial charge >= 0.3 is 12.3 Å². The number of benzene rings is 1. The second-order valence-electron chi connectivity index (χ2n) is 12.0. The maximum atomic E-state index is 13.5. The Kier molecular flexibility index (Phi) is 7.04. The number of aromatic nitrogens is 3. The highest BCUT2D eigenvalue weighted by Crippen LogP contribution is 2.41. The summed E-state index contributed by atoms with van der Waals surface area (Å²) in [5.74, 6) is -1.40. The number of nitrogens with one attached hydrogen (secondary N) is 1. The number of halogens is 3. The topological polar surface area (TPSA) is 112 Å². The highest BCUT2D eigenvalue weighted by Gasteiger charge is 2.57. The molecule has 0 spiro atoms. The molecule has 0 bridgehead atoms. The third-order valence-electron chi connectivity index (χ3n) is 7.81. The molecule has 2 aromatic heterocycles. The van der Waals surface area contributed by atoms with Crippen LogP contribution in [0.3, 0.4) is 0 Å². The van der Waals surface area contributed by atoms with Crippen LogP contribution in [-0.4, -0.2) is 72.6 Å². The van der Waals surface area contributed by atoms with Crippen LogP contribution in [0.1, 0.15) is 68.8 Å². The molecule has 0 aliphatic carbocycles. The average Bonchev–Trinajstić information content (AvgIpc) is 3.52. The average molecular weight is 574 g/mol. The predicted molar refractivity (Wildman–Crippen MR) is 145 cm³/mol. The SMILES string of the molecule is Cc1c[nH]c2nnc(-c3cc4c(c(C5CCCN5C(=O)OC(C)(C)C)c3)CN(C(=O)C(C)(O)C(F)(F)F)CC4)cc12. The molecule has 2 aliphatic heterocycles. The summed E-state index contributed by atoms with van der Waals surface area (Å²) < 4.78 is 46.2. The molecule has 1 saturated heterocycles. The molecule has 2 unspecified atom stereocenters. The molecule has 2 aliphatic rings. The van der Waals surface area contributed by atoms with E-state index in [0.717, 1.165) is 32.5 Å². The summed E-state index contributed by atoms with van der Waals surface area (Å²) in [5.41, 5.74) is 1.04. The summed E-state index contributed by atoms with van der Waals surface area (Å²) >= 11 is 0. The van der Waals surface area contributed by atoms with Crippen molar-refractivity contribution in [1.29, 1.82) is 0 Å². The number of alkyl halides is 3. The lowest BCUT2D eigenvalue weighted by Crippen LogP contribution is -2.56. The second-order valence-corrected chi connectivity index (χ2v) is 12.0. The van der Waals surface area contributed by atoms with Crippen molar-refractivity contribution < 1.29 is 32.6 Å². The van der Waals surface area contributed by atoms with Crippen LogP contribution in [0.25, 0.3) is 22.3 Å². The van der Waals surface area contributed by atoms with Crippen molar-refractivity contribution in [2.45, 2.75) is 83.8 Å². The van der Waals surface area contributed by atoms with E-state index in [2.05, 4.69) is 15.2 Å². The third kappa shape index (κ3) is 5.37. The first-order valence-corrected chi connectivity index (χ1v) is 13.6. The minimum Gasteiger partial charge on any atom is -0.444 e. The van der Waals surface area contributed by atoms with E-state index in [4.69, 9.17) is 4.74 Å². The van der Waals surface area contributed by atoms with Crippen LogP contribution in [0.4, 0.5) is 18.0 Å². The first-order chi connectivity index (χ1) is 19.1. The van der Waals surface area contributed by atoms with E-state index in [1.807, 2.05) is 31.3 Å². The molecule has 5 rings (SSSR count). The van der Waals surface area contributed by atoms with E-state index in [1.54, 1.807) is 25.7 Å². The van der Waals surface area contributed by atoms with Crippen molar-refractivity contribution in [3.05, 3.63) is 46.6 Å². The first-order valence-electron chi connectivity index (χ1n) is 13.6. The summed E-state index contributed by atoms with van der Waals surface area (Å²) in [6.07, 6.45) is -2.15. The molecule has 1 fully saturated rings. The van der Waals surface area contributed by atoms with Crippen LogP contribution in [0, 0.1) is 6.92 Å². The third-order valence-corrected chi connectivity index (χ3v) is 7.81. The number of H-pyrrole nitrogens is 1. The molecule has 1 aromatic carbocycles. The number of likely N-dealkylation sites (tertiary alicyclic amines) is 1. The zero-order valence-corrected chi connectivity index (χ0v) is 23.7. The molecular weight excluding hydrogens is 539 g/mol. The van der Waals surface area contributed by atoms with Crippen molar-refractivity contribution in [2.24, 2.45) is 0 Å². The number of carbonyl (C=O) groups is 2. The van der Waals surface area contributed by atoms with Crippen LogP contribution >= 0.6 is 0 Å². The fourth-order valence-electron chi connectivity index (χ4n) is 5.57. The Hall–Kier alpha value is -3.67. The minimum atomic E-state index is -5.12. The van der Waals surface area contributed by atoms with Gasteiger partial charge in [0.25, 0.3) is 5.91 Å². The van der Waals surface area contributed by atoms with Crippen LogP contribution < -0.4 is 0 Å². The van der Waals surface area contributed by atoms with Crippen LogP contribution in [0.15, 0.2) is 24.4 Å². The van der Waals surface area contributed by atoms with Crippen LogP contribution in [0.5, 0.6) is 0 Å². The molecule has 9 nitrogen and oxygen atoms in total. The van der Waals surface area contributed by atoms with E-state index in [9.17, 15) is 27.9 Å². The van der Waals surface area contributed by atoms with Crippen molar-refractivity contribution in [1.82, 2.24) is 25.0 Å². The summed E-state index contributed by atoms with van der Waals surface area (Å²) in [5, 5.41) is 19.7. The summed E-state index contributed by atoms with van der Waals surface area (Å²) in [4.78, 5) is 31.9. The van der Waals surface area contributed by atoms with Crippen LogP contribution in [-0.2, 0) is 22.5 Å². The molecule has 0 radical (unpaired) electrons. The van der Waals surface area contributed by atoms with Gasteiger partial charge in [-0.25, -0.2) is 4.79 Å². The molecule has 220 valence electrons. The molecule has 2 atom stereocenters. The number of ether oxygens (including phenoxy) is 1. The highest BCUT2D eigenvalue weighted by molar-refractivity contribution is 5.86. The normalized spacial score (nSPS) is 19.3. The van der Waals surface area contributed by atoms with Gasteiger partial charge in [-0.3, -0.25) is 4.79 Å². The van der Waals surface area contributed by atoms with Crippen molar-refractivity contribution in [2.75, 3.05) is 13.1 Å². The van der Waals surface area contributed by atoms with Gasteiger partial charge in [0.2, 0.25) is 5.60 Å². The monoisotopic (exact) mass is 573 g/mol. The van der Waals surface area contributed by atoms with Gasteiger partial charge in [-0.2, -0.15) is 13.2 Å². The van der Waals surface area contributed by atoms with Crippen molar-refractivity contribution >= 4 is 23.0 Å². The Balaban J connectivity index is 1.59. The number of fused-ring (bicyclic) bond motifs is 2. The molecule has 4 heterocycles. The van der Waals surface area contributed by atoms with Gasteiger partial charge in [0, 0.05) is 36.8 Å². The lowest BCUT2D eigenvalue weighted by atomic mass is 9.87. The van der Waals surface area contributed by atoms with E-state index in [-0.39, 0.29) is 19.5 Å². The standard InChI is InChI=1S/C29H34F3N5O4/c1-16-14-33-24-19(16)13-22(34-35-24)18-11-17-8-10-36(25(38)28(5,40)29(30,31)32)15-21(17)20(12-18)23-7-6-9-37(23)26(39)41-27(2,3)4/h11-14,23,40H,6-10,15H2,1-5H3,(H,33,35). The maximum absolute atomic E-state index is 13.5. The Morgan fingerprint density at radius 1 is 1.10 bits per heavy atom. The first kappa shape index (κ1) is 28.8. The van der Waals surface area contributed by atoms with E-state index < -0.39 is 35.4 Å². The molecule has 2 N–H and O–H groups in total. The zero-order valence-electron chi connectivity index (χ0n) is 23.7. The Morgan fingerprint density at radius 2 is 1.83 bits per heavy atom. The number of aryl methyl sites for hydroxylation is 1. The number of carbonyl (C=O) groups excluding carboxylic acids is 2. The van der Waals surface area contributed by atoms with Gasteiger partial charge in [-0.05, 0) is 94.3 Å². The number of aliphatic hydroxyl groups is 1. The molecule has 41 heavy (non-hydrogen) atoms. The number of hydrogen-bond donors (Lipinski definition) is 2. The van der Waals surface area contributed by atoms with Gasteiger partial charge in [0.05, 0.1) is 11.7 Å². The van der Waals surface area contributed by atoms with E-state index >= 15 is 0 Å². The largest absolute Gasteiger partial charge is 0.444 e. The lowest BCUT2D eigenvalue weighted by Gasteiger charge is -2.37. The molecule has 0 saturated carbocycles. The van der Waals surface area contributed by atoms with Crippen molar-refractivity contribution in [3.63, 3.8) is 0 Å². The number of hydrogen-bond acceptors (Lipinski definition) is 6. The zero-order chi connectivity index (χ0) is 29.9. The van der Waals surface area contributed by atoms with Crippen molar-refractivity contribution in [3.8, 4) is 11.3 Å². The van der Waals surface area contributed by atoms with E-state index in [1.165, 1.54) is 0 Å². The smallest absolute Gasteiger partial charge is 0.426 e. The Labute approximate surface area is 235 Å². The summed E-state index contributed by atoms with van der Waals surface area (Å²) in [7, 11) is 0. The van der Waals surface area contributed by atoms with E-state index in [0.29, 0.717) is 43.2 Å². The van der Waals surface area contributed by atoms with Gasteiger partial charge in [0.15, 0.2) is 5.65 Å². The Morgan fingerprint density at radius 3 is 2.51 bits per heavy atom. The Bertz CT molecular complexity index is 1510. The summed E-state index contributed by atoms with van der Waals surface area (Å²) in [6.45, 7) is 8.12. The fraction of sp³-hybridized carbons (Fsp3) is 0.517. The number of rotatable bonds is 3. The summed E-state index contributed by atoms with van der Waals surface area (Å²) in [6, 6.07) is 5.33. The lowest BCUT2D eigenvalue weighted by molar-refractivity contribution is -0.250. The number of aromatic amines is 1. The maximum Gasteiger partial charge on any atom is 0.426 e. The predicted octanol–water partition coefficient (Wildman–Crippen LogP) is 5.20. The quantitative estimate of drug-likeness (QED) is 0.446. The minimum absolute atomic E-state index is 0.00301. The fourth-order valence-corrected chi connectivity index (χ4v) is 5.57. The molecule has 12 heteroatoms. The second kappa shape index (κ2) is 10.0. The number of amides is 2. The number of nitrogens with zero attached hydrogens (tertiary/aromatic N) is 4. The molecule has 3 aromatic rings.